The van der Waals surface area contributed by atoms with Gasteiger partial charge in [0.15, 0.2) is 5.82 Å². The van der Waals surface area contributed by atoms with Crippen molar-refractivity contribution in [1.82, 2.24) is 25.0 Å². The number of likely N-dealkylation sites (tertiary alicyclic amines) is 1. The lowest BCUT2D eigenvalue weighted by Gasteiger charge is -2.30. The van der Waals surface area contributed by atoms with Crippen LogP contribution in [0, 0.1) is 5.92 Å². The summed E-state index contributed by atoms with van der Waals surface area (Å²) in [6.45, 7) is 1.26. The summed E-state index contributed by atoms with van der Waals surface area (Å²) >= 11 is 0. The lowest BCUT2D eigenvalue weighted by atomic mass is 9.97. The number of nitrogens with zero attached hydrogens (tertiary/aromatic N) is 4. The molecule has 2 heterocycles. The van der Waals surface area contributed by atoms with E-state index in [1.165, 1.54) is 4.90 Å². The van der Waals surface area contributed by atoms with E-state index in [0.29, 0.717) is 18.9 Å². The van der Waals surface area contributed by atoms with E-state index in [9.17, 15) is 9.59 Å². The van der Waals surface area contributed by atoms with Crippen molar-refractivity contribution in [2.24, 2.45) is 11.7 Å². The van der Waals surface area contributed by atoms with Gasteiger partial charge in [0.25, 0.3) is 0 Å². The number of nitrogens with two attached hydrogens (primary N) is 1. The summed E-state index contributed by atoms with van der Waals surface area (Å²) in [5.74, 6) is 0.319. The minimum Gasteiger partial charge on any atom is -0.351 e. The third-order valence-corrected chi connectivity index (χ3v) is 4.18. The van der Waals surface area contributed by atoms with E-state index in [1.54, 1.807) is 6.33 Å². The molecule has 1 aromatic carbocycles. The Labute approximate surface area is 139 Å². The molecule has 3 amide bonds. The van der Waals surface area contributed by atoms with Crippen LogP contribution in [0.5, 0.6) is 0 Å². The van der Waals surface area contributed by atoms with Crippen LogP contribution in [0.4, 0.5) is 4.79 Å². The third-order valence-electron chi connectivity index (χ3n) is 4.18. The first kappa shape index (κ1) is 16.0. The van der Waals surface area contributed by atoms with E-state index in [2.05, 4.69) is 15.5 Å². The van der Waals surface area contributed by atoms with Gasteiger partial charge < -0.3 is 16.0 Å². The van der Waals surface area contributed by atoms with Gasteiger partial charge in [-0.15, -0.1) is 10.2 Å². The molecule has 0 radical (unpaired) electrons. The summed E-state index contributed by atoms with van der Waals surface area (Å²) in [4.78, 5) is 25.1. The van der Waals surface area contributed by atoms with E-state index in [4.69, 9.17) is 5.73 Å². The Kier molecular flexibility index (Phi) is 4.74. The number of para-hydroxylation sites is 1. The van der Waals surface area contributed by atoms with Gasteiger partial charge >= 0.3 is 6.03 Å². The molecule has 24 heavy (non-hydrogen) atoms. The number of carbonyl (C=O) groups is 2. The highest BCUT2D eigenvalue weighted by Crippen LogP contribution is 2.16. The van der Waals surface area contributed by atoms with Crippen molar-refractivity contribution in [3.8, 4) is 5.69 Å². The number of amides is 3. The normalized spacial score (nSPS) is 17.5. The number of hydrogen-bond acceptors (Lipinski definition) is 4. The van der Waals surface area contributed by atoms with Crippen molar-refractivity contribution in [3.63, 3.8) is 0 Å². The van der Waals surface area contributed by atoms with E-state index < -0.39 is 6.03 Å². The summed E-state index contributed by atoms with van der Waals surface area (Å²) in [7, 11) is 0. The first-order chi connectivity index (χ1) is 11.6. The summed E-state index contributed by atoms with van der Waals surface area (Å²) in [5, 5.41) is 10.9. The number of piperidine rings is 1. The maximum atomic E-state index is 12.4. The maximum Gasteiger partial charge on any atom is 0.314 e. The van der Waals surface area contributed by atoms with Crippen molar-refractivity contribution < 1.29 is 9.59 Å². The molecule has 1 aliphatic rings. The molecule has 8 nitrogen and oxygen atoms in total. The van der Waals surface area contributed by atoms with Crippen LogP contribution in [0.25, 0.3) is 5.69 Å². The number of hydrogen-bond donors (Lipinski definition) is 2. The van der Waals surface area contributed by atoms with Crippen molar-refractivity contribution in [1.29, 1.82) is 0 Å². The van der Waals surface area contributed by atoms with Gasteiger partial charge in [-0.25, -0.2) is 4.79 Å². The number of primary amides is 1. The average Bonchev–Trinajstić information content (AvgIpc) is 3.09. The van der Waals surface area contributed by atoms with Crippen LogP contribution in [0.15, 0.2) is 36.7 Å². The van der Waals surface area contributed by atoms with Gasteiger partial charge in [0.2, 0.25) is 5.91 Å². The van der Waals surface area contributed by atoms with Crippen molar-refractivity contribution >= 4 is 11.9 Å². The number of rotatable bonds is 4. The zero-order chi connectivity index (χ0) is 16.9. The predicted octanol–water partition coefficient (Wildman–Crippen LogP) is 0.674. The summed E-state index contributed by atoms with van der Waals surface area (Å²) in [6, 6.07) is 9.21. The van der Waals surface area contributed by atoms with E-state index in [-0.39, 0.29) is 18.4 Å². The van der Waals surface area contributed by atoms with E-state index in [1.807, 2.05) is 34.9 Å². The number of benzene rings is 1. The Morgan fingerprint density at radius 3 is 2.83 bits per heavy atom. The molecule has 1 unspecified atom stereocenters. The lowest BCUT2D eigenvalue weighted by molar-refractivity contribution is -0.126. The number of carbonyl (C=O) groups excluding carboxylic acids is 2. The van der Waals surface area contributed by atoms with E-state index in [0.717, 1.165) is 18.5 Å². The first-order valence-corrected chi connectivity index (χ1v) is 7.91. The van der Waals surface area contributed by atoms with Gasteiger partial charge in [0.05, 0.1) is 12.5 Å². The van der Waals surface area contributed by atoms with Crippen LogP contribution in [0.2, 0.25) is 0 Å². The summed E-state index contributed by atoms with van der Waals surface area (Å²) < 4.78 is 1.83. The lowest BCUT2D eigenvalue weighted by Crippen LogP contribution is -2.47. The molecule has 1 aromatic heterocycles. The Bertz CT molecular complexity index is 714. The maximum absolute atomic E-state index is 12.4. The Hall–Kier alpha value is -2.90. The fourth-order valence-corrected chi connectivity index (χ4v) is 2.89. The zero-order valence-corrected chi connectivity index (χ0v) is 13.3. The summed E-state index contributed by atoms with van der Waals surface area (Å²) in [5.41, 5.74) is 6.23. The van der Waals surface area contributed by atoms with Crippen LogP contribution in [-0.2, 0) is 11.3 Å². The number of aromatic nitrogens is 3. The number of nitrogens with one attached hydrogen (secondary N) is 1. The van der Waals surface area contributed by atoms with Gasteiger partial charge in [-0.1, -0.05) is 18.2 Å². The second kappa shape index (κ2) is 7.12. The second-order valence-corrected chi connectivity index (χ2v) is 5.79. The molecule has 1 aliphatic heterocycles. The second-order valence-electron chi connectivity index (χ2n) is 5.79. The monoisotopic (exact) mass is 328 g/mol. The van der Waals surface area contributed by atoms with Crippen molar-refractivity contribution in [2.45, 2.75) is 19.4 Å². The molecule has 2 aromatic rings. The predicted molar refractivity (Wildman–Crippen MR) is 87.1 cm³/mol. The topological polar surface area (TPSA) is 106 Å². The Morgan fingerprint density at radius 2 is 2.08 bits per heavy atom. The van der Waals surface area contributed by atoms with Crippen molar-refractivity contribution in [2.75, 3.05) is 13.1 Å². The standard InChI is InChI=1S/C16H20N6O2/c17-16(24)21-8-4-5-12(10-21)15(23)18-9-14-20-19-11-22(14)13-6-2-1-3-7-13/h1-3,6-7,11-12H,4-5,8-10H2,(H2,17,24)(H,18,23). The highest BCUT2D eigenvalue weighted by molar-refractivity contribution is 5.80. The van der Waals surface area contributed by atoms with Gasteiger partial charge in [-0.3, -0.25) is 9.36 Å². The van der Waals surface area contributed by atoms with Gasteiger partial charge in [-0.2, -0.15) is 0 Å². The molecule has 0 spiro atoms. The van der Waals surface area contributed by atoms with Gasteiger partial charge in [-0.05, 0) is 25.0 Å². The number of urea groups is 1. The molecule has 3 N–H and O–H groups in total. The fraction of sp³-hybridized carbons (Fsp3) is 0.375. The molecule has 1 saturated heterocycles. The van der Waals surface area contributed by atoms with Crippen LogP contribution in [0.3, 0.4) is 0 Å². The molecule has 0 bridgehead atoms. The quantitative estimate of drug-likeness (QED) is 0.860. The summed E-state index contributed by atoms with van der Waals surface area (Å²) in [6.07, 6.45) is 3.15. The Morgan fingerprint density at radius 1 is 1.29 bits per heavy atom. The van der Waals surface area contributed by atoms with Crippen LogP contribution in [0.1, 0.15) is 18.7 Å². The SMILES string of the molecule is NC(=O)N1CCCC(C(=O)NCc2nncn2-c2ccccc2)C1. The fourth-order valence-electron chi connectivity index (χ4n) is 2.89. The third kappa shape index (κ3) is 3.53. The van der Waals surface area contributed by atoms with Gasteiger partial charge in [0.1, 0.15) is 6.33 Å². The molecule has 126 valence electrons. The highest BCUT2D eigenvalue weighted by atomic mass is 16.2. The molecule has 0 saturated carbocycles. The van der Waals surface area contributed by atoms with Crippen LogP contribution < -0.4 is 11.1 Å². The van der Waals surface area contributed by atoms with Gasteiger partial charge in [0, 0.05) is 18.8 Å². The molecular formula is C16H20N6O2. The molecular weight excluding hydrogens is 308 g/mol. The van der Waals surface area contributed by atoms with E-state index >= 15 is 0 Å². The molecule has 3 rings (SSSR count). The highest BCUT2D eigenvalue weighted by Gasteiger charge is 2.27. The Balaban J connectivity index is 1.61. The molecule has 0 aliphatic carbocycles. The van der Waals surface area contributed by atoms with Crippen molar-refractivity contribution in [3.05, 3.63) is 42.5 Å². The minimum atomic E-state index is -0.476. The van der Waals surface area contributed by atoms with Crippen LogP contribution in [-0.4, -0.2) is 44.7 Å². The molecule has 8 heteroatoms. The first-order valence-electron chi connectivity index (χ1n) is 7.91. The molecule has 1 fully saturated rings. The average molecular weight is 328 g/mol. The molecule has 1 atom stereocenters. The minimum absolute atomic E-state index is 0.0939. The smallest absolute Gasteiger partial charge is 0.314 e. The zero-order valence-electron chi connectivity index (χ0n) is 13.3. The largest absolute Gasteiger partial charge is 0.351 e. The van der Waals surface area contributed by atoms with Crippen LogP contribution >= 0.6 is 0 Å².